The van der Waals surface area contributed by atoms with E-state index in [9.17, 15) is 8.42 Å². The van der Waals surface area contributed by atoms with Crippen LogP contribution in [0, 0.1) is 0 Å². The Morgan fingerprint density at radius 2 is 1.83 bits per heavy atom. The molecular weight excluding hydrogens is 194 g/mol. The van der Waals surface area contributed by atoms with Crippen molar-refractivity contribution >= 4 is 21.8 Å². The molecule has 0 amide bonds. The summed E-state index contributed by atoms with van der Waals surface area (Å²) in [4.78, 5) is 0. The lowest BCUT2D eigenvalue weighted by atomic mass is 10.5. The third-order valence-electron chi connectivity index (χ3n) is 1.59. The highest BCUT2D eigenvalue weighted by Gasteiger charge is 2.15. The first-order chi connectivity index (χ1) is 5.40. The van der Waals surface area contributed by atoms with E-state index in [1.54, 1.807) is 25.6 Å². The van der Waals surface area contributed by atoms with Gasteiger partial charge in [-0.2, -0.15) is 11.8 Å². The van der Waals surface area contributed by atoms with Crippen molar-refractivity contribution in [2.45, 2.75) is 31.3 Å². The molecule has 1 atom stereocenters. The Hall–Kier alpha value is 0.260. The van der Waals surface area contributed by atoms with Crippen molar-refractivity contribution < 1.29 is 8.42 Å². The van der Waals surface area contributed by atoms with Crippen molar-refractivity contribution in [3.8, 4) is 0 Å². The Bertz CT molecular complexity index is 211. The molecule has 0 spiro atoms. The molecule has 5 heteroatoms. The lowest BCUT2D eigenvalue weighted by molar-refractivity contribution is 0.572. The Balaban J connectivity index is 3.94. The van der Waals surface area contributed by atoms with Crippen molar-refractivity contribution in [3.63, 3.8) is 0 Å². The molecule has 1 N–H and O–H groups in total. The fraction of sp³-hybridized carbons (Fsp3) is 1.00. The topological polar surface area (TPSA) is 46.2 Å². The molecule has 0 radical (unpaired) electrons. The Morgan fingerprint density at radius 3 is 2.17 bits per heavy atom. The Labute approximate surface area is 79.4 Å². The van der Waals surface area contributed by atoms with Crippen molar-refractivity contribution in [1.29, 1.82) is 0 Å². The van der Waals surface area contributed by atoms with Gasteiger partial charge in [-0.05, 0) is 20.1 Å². The number of rotatable bonds is 5. The fourth-order valence-corrected chi connectivity index (χ4v) is 1.65. The average Bonchev–Trinajstić information content (AvgIpc) is 2.00. The molecule has 0 aliphatic rings. The van der Waals surface area contributed by atoms with E-state index in [1.165, 1.54) is 0 Å². The summed E-state index contributed by atoms with van der Waals surface area (Å²) in [5.41, 5.74) is 0. The van der Waals surface area contributed by atoms with E-state index in [2.05, 4.69) is 4.72 Å². The zero-order chi connectivity index (χ0) is 9.78. The molecule has 0 aliphatic carbocycles. The molecule has 0 aromatic rings. The number of thioether (sulfide) groups is 1. The summed E-state index contributed by atoms with van der Waals surface area (Å²) >= 11 is 1.65. The summed E-state index contributed by atoms with van der Waals surface area (Å²) in [5.74, 6) is 0. The van der Waals surface area contributed by atoms with Crippen molar-refractivity contribution in [2.24, 2.45) is 0 Å². The van der Waals surface area contributed by atoms with Crippen LogP contribution in [0.2, 0.25) is 0 Å². The molecule has 0 aliphatic heterocycles. The molecule has 0 bridgehead atoms. The smallest absolute Gasteiger partial charge is 0.213 e. The molecule has 3 nitrogen and oxygen atoms in total. The molecular formula is C7H17NO2S2. The minimum atomic E-state index is -3.07. The molecule has 12 heavy (non-hydrogen) atoms. The minimum Gasteiger partial charge on any atom is -0.214 e. The van der Waals surface area contributed by atoms with Gasteiger partial charge in [0.1, 0.15) is 0 Å². The van der Waals surface area contributed by atoms with Crippen LogP contribution < -0.4 is 4.72 Å². The molecule has 0 rings (SSSR count). The van der Waals surface area contributed by atoms with E-state index in [0.29, 0.717) is 11.8 Å². The van der Waals surface area contributed by atoms with E-state index in [4.69, 9.17) is 0 Å². The maximum atomic E-state index is 11.2. The van der Waals surface area contributed by atoms with Crippen molar-refractivity contribution in [2.75, 3.05) is 12.8 Å². The number of nitrogens with one attached hydrogen (secondary N) is 1. The third-order valence-corrected chi connectivity index (χ3v) is 4.38. The standard InChI is InChI=1S/C7H17NO2S2/c1-6(2)12(9,10)8-5-7(3)11-4/h6-8H,5H2,1-4H3. The van der Waals surface area contributed by atoms with Gasteiger partial charge in [-0.3, -0.25) is 0 Å². The summed E-state index contributed by atoms with van der Waals surface area (Å²) < 4.78 is 25.0. The van der Waals surface area contributed by atoms with Crippen LogP contribution in [0.4, 0.5) is 0 Å². The van der Waals surface area contributed by atoms with Gasteiger partial charge in [0, 0.05) is 11.8 Å². The first-order valence-electron chi connectivity index (χ1n) is 3.91. The fourth-order valence-electron chi connectivity index (χ4n) is 0.484. The van der Waals surface area contributed by atoms with Gasteiger partial charge in [-0.1, -0.05) is 6.92 Å². The monoisotopic (exact) mass is 211 g/mol. The molecule has 74 valence electrons. The lowest BCUT2D eigenvalue weighted by Crippen LogP contribution is -2.34. The summed E-state index contributed by atoms with van der Waals surface area (Å²) in [5, 5.41) is -0.00918. The highest BCUT2D eigenvalue weighted by atomic mass is 32.2. The minimum absolute atomic E-state index is 0.332. The van der Waals surface area contributed by atoms with Gasteiger partial charge in [-0.15, -0.1) is 0 Å². The summed E-state index contributed by atoms with van der Waals surface area (Å²) in [6.07, 6.45) is 1.97. The predicted octanol–water partition coefficient (Wildman–Crippen LogP) is 1.07. The van der Waals surface area contributed by atoms with Crippen LogP contribution in [-0.4, -0.2) is 31.7 Å². The average molecular weight is 211 g/mol. The zero-order valence-electron chi connectivity index (χ0n) is 7.99. The predicted molar refractivity (Wildman–Crippen MR) is 55.0 cm³/mol. The molecule has 0 heterocycles. The summed E-state index contributed by atoms with van der Waals surface area (Å²) in [6, 6.07) is 0. The van der Waals surface area contributed by atoms with E-state index >= 15 is 0 Å². The highest BCUT2D eigenvalue weighted by Crippen LogP contribution is 2.04. The van der Waals surface area contributed by atoms with E-state index in [-0.39, 0.29) is 5.25 Å². The number of hydrogen-bond acceptors (Lipinski definition) is 3. The molecule has 0 fully saturated rings. The van der Waals surface area contributed by atoms with Gasteiger partial charge in [0.05, 0.1) is 5.25 Å². The SMILES string of the molecule is CSC(C)CNS(=O)(=O)C(C)C. The van der Waals surface area contributed by atoms with Crippen LogP contribution >= 0.6 is 11.8 Å². The van der Waals surface area contributed by atoms with Gasteiger partial charge >= 0.3 is 0 Å². The van der Waals surface area contributed by atoms with E-state index in [0.717, 1.165) is 0 Å². The van der Waals surface area contributed by atoms with Crippen molar-refractivity contribution in [1.82, 2.24) is 4.72 Å². The van der Waals surface area contributed by atoms with Crippen LogP contribution in [0.15, 0.2) is 0 Å². The Kier molecular flexibility index (Phi) is 5.20. The van der Waals surface area contributed by atoms with Crippen LogP contribution in [0.1, 0.15) is 20.8 Å². The molecule has 0 aromatic heterocycles. The quantitative estimate of drug-likeness (QED) is 0.740. The van der Waals surface area contributed by atoms with E-state index < -0.39 is 10.0 Å². The lowest BCUT2D eigenvalue weighted by Gasteiger charge is -2.12. The molecule has 1 unspecified atom stereocenters. The molecule has 0 aromatic carbocycles. The number of sulfonamides is 1. The first-order valence-corrected chi connectivity index (χ1v) is 6.75. The highest BCUT2D eigenvalue weighted by molar-refractivity contribution is 7.99. The maximum Gasteiger partial charge on any atom is 0.213 e. The van der Waals surface area contributed by atoms with Crippen LogP contribution in [0.25, 0.3) is 0 Å². The Morgan fingerprint density at radius 1 is 1.33 bits per heavy atom. The summed E-state index contributed by atoms with van der Waals surface area (Å²) in [7, 11) is -3.07. The van der Waals surface area contributed by atoms with Gasteiger partial charge < -0.3 is 0 Å². The van der Waals surface area contributed by atoms with Crippen LogP contribution in [0.3, 0.4) is 0 Å². The van der Waals surface area contributed by atoms with Crippen LogP contribution in [0.5, 0.6) is 0 Å². The second-order valence-corrected chi connectivity index (χ2v) is 6.59. The van der Waals surface area contributed by atoms with Gasteiger partial charge in [0.15, 0.2) is 0 Å². The normalized spacial score (nSPS) is 15.1. The largest absolute Gasteiger partial charge is 0.214 e. The van der Waals surface area contributed by atoms with E-state index in [1.807, 2.05) is 13.2 Å². The molecule has 0 saturated heterocycles. The zero-order valence-corrected chi connectivity index (χ0v) is 9.63. The third kappa shape index (κ3) is 4.33. The second kappa shape index (κ2) is 5.09. The number of hydrogen-bond donors (Lipinski definition) is 1. The molecule has 0 saturated carbocycles. The van der Waals surface area contributed by atoms with Gasteiger partial charge in [0.25, 0.3) is 0 Å². The maximum absolute atomic E-state index is 11.2. The van der Waals surface area contributed by atoms with Crippen molar-refractivity contribution in [3.05, 3.63) is 0 Å². The first kappa shape index (κ1) is 12.3. The summed E-state index contributed by atoms with van der Waals surface area (Å²) in [6.45, 7) is 5.85. The van der Waals surface area contributed by atoms with Crippen LogP contribution in [-0.2, 0) is 10.0 Å². The second-order valence-electron chi connectivity index (χ2n) is 2.99. The van der Waals surface area contributed by atoms with Gasteiger partial charge in [0.2, 0.25) is 10.0 Å². The van der Waals surface area contributed by atoms with Gasteiger partial charge in [-0.25, -0.2) is 13.1 Å².